The molecule has 0 bridgehead atoms. The zero-order valence-electron chi connectivity index (χ0n) is 8.85. The summed E-state index contributed by atoms with van der Waals surface area (Å²) in [5.41, 5.74) is 7.83. The van der Waals surface area contributed by atoms with Gasteiger partial charge in [-0.1, -0.05) is 6.07 Å². The minimum atomic E-state index is -0.696. The Hall–Kier alpha value is -1.54. The number of nitrogens with zero attached hydrogens (tertiary/aromatic N) is 2. The topological polar surface area (TPSA) is 70.1 Å². The Morgan fingerprint density at radius 3 is 2.69 bits per heavy atom. The van der Waals surface area contributed by atoms with Crippen LogP contribution in [0, 0.1) is 11.3 Å². The molecule has 1 aromatic rings. The van der Waals surface area contributed by atoms with Crippen LogP contribution in [0.4, 0.5) is 11.4 Å². The molecular formula is C11H13N3OS. The standard InChI is InChI=1S/C11H13N3OS/c12-8-9-2-1-3-10(11(9)13)14-4-6-16(15)7-5-14/h1-3H,4-7,13H2. The number of nitrogens with two attached hydrogens (primary N) is 1. The van der Waals surface area contributed by atoms with Crippen molar-refractivity contribution in [3.63, 3.8) is 0 Å². The molecule has 0 aromatic heterocycles. The Labute approximate surface area is 97.1 Å². The number of anilines is 2. The molecule has 1 saturated heterocycles. The number of rotatable bonds is 1. The first-order valence-electron chi connectivity index (χ1n) is 5.11. The molecule has 16 heavy (non-hydrogen) atoms. The van der Waals surface area contributed by atoms with Crippen molar-refractivity contribution >= 4 is 22.2 Å². The van der Waals surface area contributed by atoms with E-state index in [1.807, 2.05) is 12.1 Å². The van der Waals surface area contributed by atoms with Crippen LogP contribution in [-0.2, 0) is 10.8 Å². The Kier molecular flexibility index (Phi) is 3.11. The van der Waals surface area contributed by atoms with Crippen molar-refractivity contribution in [3.8, 4) is 6.07 Å². The smallest absolute Gasteiger partial charge is 0.101 e. The van der Waals surface area contributed by atoms with Crippen molar-refractivity contribution in [1.29, 1.82) is 5.26 Å². The van der Waals surface area contributed by atoms with Gasteiger partial charge < -0.3 is 10.6 Å². The predicted molar refractivity (Wildman–Crippen MR) is 65.7 cm³/mol. The van der Waals surface area contributed by atoms with Crippen LogP contribution in [0.25, 0.3) is 0 Å². The minimum absolute atomic E-state index is 0.504. The maximum Gasteiger partial charge on any atom is 0.101 e. The SMILES string of the molecule is N#Cc1cccc(N2CCS(=O)CC2)c1N. The first-order chi connectivity index (χ1) is 7.72. The molecule has 4 nitrogen and oxygen atoms in total. The number of nitriles is 1. The van der Waals surface area contributed by atoms with Crippen LogP contribution in [-0.4, -0.2) is 28.8 Å². The summed E-state index contributed by atoms with van der Waals surface area (Å²) in [5, 5.41) is 8.89. The zero-order valence-corrected chi connectivity index (χ0v) is 9.67. The van der Waals surface area contributed by atoms with Gasteiger partial charge in [0.2, 0.25) is 0 Å². The molecule has 0 spiro atoms. The summed E-state index contributed by atoms with van der Waals surface area (Å²) in [7, 11) is -0.696. The first kappa shape index (κ1) is 11.0. The average Bonchev–Trinajstić information content (AvgIpc) is 2.31. The Balaban J connectivity index is 2.28. The quantitative estimate of drug-likeness (QED) is 0.728. The second-order valence-corrected chi connectivity index (χ2v) is 5.38. The van der Waals surface area contributed by atoms with E-state index in [4.69, 9.17) is 11.0 Å². The number of para-hydroxylation sites is 1. The molecule has 1 fully saturated rings. The summed E-state index contributed by atoms with van der Waals surface area (Å²) in [6.07, 6.45) is 0. The van der Waals surface area contributed by atoms with Crippen LogP contribution in [0.5, 0.6) is 0 Å². The molecule has 0 unspecified atom stereocenters. The van der Waals surface area contributed by atoms with E-state index < -0.39 is 10.8 Å². The Morgan fingerprint density at radius 2 is 2.06 bits per heavy atom. The lowest BCUT2D eigenvalue weighted by Gasteiger charge is -2.29. The summed E-state index contributed by atoms with van der Waals surface area (Å²) in [5.74, 6) is 1.35. The molecule has 1 aliphatic heterocycles. The average molecular weight is 235 g/mol. The van der Waals surface area contributed by atoms with Gasteiger partial charge in [0.15, 0.2) is 0 Å². The van der Waals surface area contributed by atoms with Crippen molar-refractivity contribution < 1.29 is 4.21 Å². The van der Waals surface area contributed by atoms with E-state index in [-0.39, 0.29) is 0 Å². The van der Waals surface area contributed by atoms with Crippen molar-refractivity contribution in [2.45, 2.75) is 0 Å². The molecule has 84 valence electrons. The van der Waals surface area contributed by atoms with Gasteiger partial charge in [0.1, 0.15) is 6.07 Å². The van der Waals surface area contributed by atoms with Crippen LogP contribution >= 0.6 is 0 Å². The summed E-state index contributed by atoms with van der Waals surface area (Å²) >= 11 is 0. The van der Waals surface area contributed by atoms with Gasteiger partial charge in [0, 0.05) is 35.4 Å². The summed E-state index contributed by atoms with van der Waals surface area (Å²) in [6, 6.07) is 7.52. The fourth-order valence-corrected chi connectivity index (χ4v) is 2.86. The van der Waals surface area contributed by atoms with Crippen LogP contribution in [0.3, 0.4) is 0 Å². The van der Waals surface area contributed by atoms with Crippen LogP contribution in [0.15, 0.2) is 18.2 Å². The van der Waals surface area contributed by atoms with Crippen LogP contribution in [0.2, 0.25) is 0 Å². The highest BCUT2D eigenvalue weighted by Gasteiger charge is 2.18. The van der Waals surface area contributed by atoms with Crippen molar-refractivity contribution in [2.24, 2.45) is 0 Å². The van der Waals surface area contributed by atoms with E-state index in [2.05, 4.69) is 11.0 Å². The lowest BCUT2D eigenvalue weighted by molar-refractivity contribution is 0.673. The van der Waals surface area contributed by atoms with Gasteiger partial charge >= 0.3 is 0 Å². The Morgan fingerprint density at radius 1 is 1.38 bits per heavy atom. The van der Waals surface area contributed by atoms with E-state index in [0.717, 1.165) is 18.8 Å². The van der Waals surface area contributed by atoms with Gasteiger partial charge in [-0.3, -0.25) is 4.21 Å². The highest BCUT2D eigenvalue weighted by molar-refractivity contribution is 7.85. The second-order valence-electron chi connectivity index (χ2n) is 3.69. The van der Waals surface area contributed by atoms with Crippen molar-refractivity contribution in [2.75, 3.05) is 35.2 Å². The van der Waals surface area contributed by atoms with Gasteiger partial charge in [-0.05, 0) is 12.1 Å². The normalized spacial score (nSPS) is 17.1. The molecule has 1 heterocycles. The third kappa shape index (κ3) is 2.02. The van der Waals surface area contributed by atoms with E-state index >= 15 is 0 Å². The van der Waals surface area contributed by atoms with Crippen LogP contribution in [0.1, 0.15) is 5.56 Å². The van der Waals surface area contributed by atoms with Crippen molar-refractivity contribution in [3.05, 3.63) is 23.8 Å². The highest BCUT2D eigenvalue weighted by Crippen LogP contribution is 2.26. The molecule has 2 N–H and O–H groups in total. The van der Waals surface area contributed by atoms with E-state index in [1.54, 1.807) is 6.07 Å². The highest BCUT2D eigenvalue weighted by atomic mass is 32.2. The van der Waals surface area contributed by atoms with Gasteiger partial charge in [-0.2, -0.15) is 5.26 Å². The lowest BCUT2D eigenvalue weighted by Crippen LogP contribution is -2.38. The summed E-state index contributed by atoms with van der Waals surface area (Å²) < 4.78 is 11.2. The largest absolute Gasteiger partial charge is 0.396 e. The fraction of sp³-hybridized carbons (Fsp3) is 0.364. The van der Waals surface area contributed by atoms with Gasteiger partial charge in [-0.25, -0.2) is 0 Å². The first-order valence-corrected chi connectivity index (χ1v) is 6.59. The number of nitrogen functional groups attached to an aromatic ring is 1. The summed E-state index contributed by atoms with van der Waals surface area (Å²) in [6.45, 7) is 1.48. The van der Waals surface area contributed by atoms with Gasteiger partial charge in [0.25, 0.3) is 0 Å². The molecule has 2 rings (SSSR count). The Bertz CT molecular complexity index is 457. The maximum absolute atomic E-state index is 11.2. The van der Waals surface area contributed by atoms with E-state index in [1.165, 1.54) is 0 Å². The third-order valence-corrected chi connectivity index (χ3v) is 4.00. The molecule has 5 heteroatoms. The predicted octanol–water partition coefficient (Wildman–Crippen LogP) is 0.709. The maximum atomic E-state index is 11.2. The summed E-state index contributed by atoms with van der Waals surface area (Å²) in [4.78, 5) is 2.09. The van der Waals surface area contributed by atoms with Gasteiger partial charge in [-0.15, -0.1) is 0 Å². The molecule has 0 aliphatic carbocycles. The second kappa shape index (κ2) is 4.54. The molecule has 1 aliphatic rings. The van der Waals surface area contributed by atoms with E-state index in [0.29, 0.717) is 22.8 Å². The molecule has 0 atom stereocenters. The molecule has 0 amide bonds. The fourth-order valence-electron chi connectivity index (χ4n) is 1.81. The van der Waals surface area contributed by atoms with Crippen LogP contribution < -0.4 is 10.6 Å². The van der Waals surface area contributed by atoms with Gasteiger partial charge in [0.05, 0.1) is 16.9 Å². The lowest BCUT2D eigenvalue weighted by atomic mass is 10.1. The molecular weight excluding hydrogens is 222 g/mol. The monoisotopic (exact) mass is 235 g/mol. The van der Waals surface area contributed by atoms with E-state index in [9.17, 15) is 4.21 Å². The molecule has 1 aromatic carbocycles. The van der Waals surface area contributed by atoms with Crippen molar-refractivity contribution in [1.82, 2.24) is 0 Å². The third-order valence-electron chi connectivity index (χ3n) is 2.72. The minimum Gasteiger partial charge on any atom is -0.396 e. The number of benzene rings is 1. The number of hydrogen-bond acceptors (Lipinski definition) is 4. The number of hydrogen-bond donors (Lipinski definition) is 1. The molecule has 0 saturated carbocycles. The molecule has 0 radical (unpaired) electrons. The zero-order chi connectivity index (χ0) is 11.5.